The van der Waals surface area contributed by atoms with Crippen LogP contribution in [0.25, 0.3) is 0 Å². The van der Waals surface area contributed by atoms with Crippen LogP contribution in [-0.2, 0) is 19.2 Å². The molecule has 2 aliphatic carbocycles. The zero-order valence-corrected chi connectivity index (χ0v) is 19.5. The first-order chi connectivity index (χ1) is 16.7. The Balaban J connectivity index is 1.45. The maximum absolute atomic E-state index is 14.2. The Morgan fingerprint density at radius 2 is 1.77 bits per heavy atom. The zero-order valence-electron chi connectivity index (χ0n) is 19.5. The predicted molar refractivity (Wildman–Crippen MR) is 124 cm³/mol. The molecule has 1 saturated carbocycles. The number of carbonyl (C=O) groups excluding carboxylic acids is 2. The van der Waals surface area contributed by atoms with Crippen LogP contribution in [0.3, 0.4) is 0 Å². The summed E-state index contributed by atoms with van der Waals surface area (Å²) in [4.78, 5) is 32.6. The average Bonchev–Trinajstić information content (AvgIpc) is 3.35. The Hall–Kier alpha value is -3.32. The molecule has 1 spiro atoms. The fourth-order valence-corrected chi connectivity index (χ4v) is 6.40. The van der Waals surface area contributed by atoms with Gasteiger partial charge in [-0.3, -0.25) is 9.63 Å². The van der Waals surface area contributed by atoms with Gasteiger partial charge in [0.1, 0.15) is 17.7 Å². The molecule has 4 aliphatic rings. The van der Waals surface area contributed by atoms with Gasteiger partial charge in [0.25, 0.3) is 0 Å². The number of carbonyl (C=O) groups is 2. The highest BCUT2D eigenvalue weighted by atomic mass is 19.1. The molecule has 0 amide bonds. The van der Waals surface area contributed by atoms with Crippen molar-refractivity contribution in [2.75, 3.05) is 5.06 Å². The number of rotatable bonds is 2. The molecular formula is C28H25F2NO4. The van der Waals surface area contributed by atoms with Crippen molar-refractivity contribution in [1.82, 2.24) is 0 Å². The third-order valence-electron chi connectivity index (χ3n) is 8.12. The zero-order chi connectivity index (χ0) is 24.5. The highest BCUT2D eigenvalue weighted by Gasteiger charge is 2.68. The number of para-hydroxylation sites is 1. The average molecular weight is 478 g/mol. The normalized spacial score (nSPS) is 33.8. The van der Waals surface area contributed by atoms with Gasteiger partial charge in [-0.1, -0.05) is 31.2 Å². The van der Waals surface area contributed by atoms with E-state index in [1.54, 1.807) is 18.1 Å². The number of halogens is 2. The number of fused-ring (bicyclic) bond motifs is 4. The number of anilines is 1. The van der Waals surface area contributed by atoms with Gasteiger partial charge in [-0.25, -0.2) is 18.6 Å². The first-order valence-electron chi connectivity index (χ1n) is 11.9. The summed E-state index contributed by atoms with van der Waals surface area (Å²) in [6.07, 6.45) is 4.49. The minimum absolute atomic E-state index is 0.0820. The van der Waals surface area contributed by atoms with E-state index in [0.29, 0.717) is 23.2 Å². The minimum atomic E-state index is -1.33. The summed E-state index contributed by atoms with van der Waals surface area (Å²) in [7, 11) is 0. The number of ether oxygens (including phenoxy) is 1. The second-order valence-corrected chi connectivity index (χ2v) is 10.2. The number of esters is 1. The Labute approximate surface area is 202 Å². The molecule has 3 fully saturated rings. The first kappa shape index (κ1) is 22.2. The van der Waals surface area contributed by atoms with Crippen molar-refractivity contribution >= 4 is 17.4 Å². The van der Waals surface area contributed by atoms with Crippen molar-refractivity contribution in [2.24, 2.45) is 11.3 Å². The molecule has 0 radical (unpaired) electrons. The largest absolute Gasteiger partial charge is 0.455 e. The predicted octanol–water partition coefficient (Wildman–Crippen LogP) is 5.38. The van der Waals surface area contributed by atoms with E-state index in [2.05, 4.69) is 6.92 Å². The summed E-state index contributed by atoms with van der Waals surface area (Å²) < 4.78 is 34.4. The van der Waals surface area contributed by atoms with Gasteiger partial charge in [0.15, 0.2) is 5.78 Å². The summed E-state index contributed by atoms with van der Waals surface area (Å²) in [5.41, 5.74) is 0.798. The van der Waals surface area contributed by atoms with Crippen LogP contribution < -0.4 is 5.06 Å². The number of benzene rings is 2. The lowest BCUT2D eigenvalue weighted by atomic mass is 9.60. The second kappa shape index (κ2) is 7.59. The standard InChI is InChI=1S/C28H25F2NO4/c1-16-23(32)9-11-27(2)10-8-21-25(24(16)27)34-26(33)28(21)15-22(17-12-18(29)14-19(30)13-17)31(35-28)20-6-4-3-5-7-20/h3-7,9,11-14,21-22,25H,8,10,15H2,1-2H3/t21-,22-,25+,27+,28+/m1/s1. The van der Waals surface area contributed by atoms with Crippen LogP contribution in [0.15, 0.2) is 71.8 Å². The number of hydroxylamine groups is 1. The van der Waals surface area contributed by atoms with Gasteiger partial charge in [-0.15, -0.1) is 0 Å². The van der Waals surface area contributed by atoms with Crippen molar-refractivity contribution in [3.63, 3.8) is 0 Å². The molecule has 0 aromatic heterocycles. The second-order valence-electron chi connectivity index (χ2n) is 10.2. The van der Waals surface area contributed by atoms with Crippen molar-refractivity contribution in [3.05, 3.63) is 89.0 Å². The van der Waals surface area contributed by atoms with E-state index in [1.807, 2.05) is 36.4 Å². The van der Waals surface area contributed by atoms with Crippen LogP contribution in [0, 0.1) is 23.0 Å². The fourth-order valence-electron chi connectivity index (χ4n) is 6.40. The van der Waals surface area contributed by atoms with Crippen LogP contribution in [0.4, 0.5) is 14.5 Å². The topological polar surface area (TPSA) is 55.8 Å². The summed E-state index contributed by atoms with van der Waals surface area (Å²) in [6, 6.07) is 12.0. The van der Waals surface area contributed by atoms with E-state index in [1.165, 1.54) is 12.1 Å². The maximum Gasteiger partial charge on any atom is 0.342 e. The molecule has 5 atom stereocenters. The first-order valence-corrected chi connectivity index (χ1v) is 11.9. The van der Waals surface area contributed by atoms with Crippen LogP contribution >= 0.6 is 0 Å². The molecule has 2 aromatic carbocycles. The molecule has 6 rings (SSSR count). The maximum atomic E-state index is 14.2. The van der Waals surface area contributed by atoms with E-state index < -0.39 is 35.4 Å². The van der Waals surface area contributed by atoms with Gasteiger partial charge in [-0.05, 0) is 61.2 Å². The number of ketones is 1. The summed E-state index contributed by atoms with van der Waals surface area (Å²) >= 11 is 0. The quantitative estimate of drug-likeness (QED) is 0.544. The molecule has 2 aliphatic heterocycles. The molecule has 7 heteroatoms. The lowest BCUT2D eigenvalue weighted by molar-refractivity contribution is -0.157. The van der Waals surface area contributed by atoms with E-state index in [0.717, 1.165) is 18.1 Å². The molecule has 35 heavy (non-hydrogen) atoms. The fraction of sp³-hybridized carbons (Fsp3) is 0.357. The lowest BCUT2D eigenvalue weighted by Gasteiger charge is -2.44. The van der Waals surface area contributed by atoms with Gasteiger partial charge < -0.3 is 4.74 Å². The van der Waals surface area contributed by atoms with E-state index in [4.69, 9.17) is 9.57 Å². The van der Waals surface area contributed by atoms with Crippen molar-refractivity contribution in [2.45, 2.75) is 50.9 Å². The van der Waals surface area contributed by atoms with Gasteiger partial charge in [0, 0.05) is 29.4 Å². The number of hydrogen-bond donors (Lipinski definition) is 0. The highest BCUT2D eigenvalue weighted by molar-refractivity contribution is 6.06. The third-order valence-corrected chi connectivity index (χ3v) is 8.12. The Morgan fingerprint density at radius 1 is 1.06 bits per heavy atom. The minimum Gasteiger partial charge on any atom is -0.455 e. The van der Waals surface area contributed by atoms with Gasteiger partial charge in [0.2, 0.25) is 5.60 Å². The Morgan fingerprint density at radius 3 is 2.49 bits per heavy atom. The Bertz CT molecular complexity index is 1290. The van der Waals surface area contributed by atoms with E-state index in [-0.39, 0.29) is 23.5 Å². The lowest BCUT2D eigenvalue weighted by Crippen LogP contribution is -2.47. The van der Waals surface area contributed by atoms with E-state index in [9.17, 15) is 18.4 Å². The third kappa shape index (κ3) is 3.21. The molecule has 2 heterocycles. The van der Waals surface area contributed by atoms with E-state index >= 15 is 0 Å². The van der Waals surface area contributed by atoms with Crippen LogP contribution in [0.1, 0.15) is 44.7 Å². The summed E-state index contributed by atoms with van der Waals surface area (Å²) in [5, 5.41) is 1.58. The SMILES string of the molecule is CC1=C2[C@H]3OC(=O)[C@]4(C[C@H](c5cc(F)cc(F)c5)N(c5ccccc5)O4)[C@@H]3CC[C@@]2(C)C=CC1=O. The molecule has 0 N–H and O–H groups in total. The number of hydrogen-bond acceptors (Lipinski definition) is 5. The van der Waals surface area contributed by atoms with Crippen LogP contribution in [-0.4, -0.2) is 23.5 Å². The Kier molecular flexibility index (Phi) is 4.81. The molecular weight excluding hydrogens is 452 g/mol. The molecule has 0 bridgehead atoms. The highest BCUT2D eigenvalue weighted by Crippen LogP contribution is 2.59. The molecule has 180 valence electrons. The van der Waals surface area contributed by atoms with Gasteiger partial charge in [0.05, 0.1) is 11.7 Å². The number of allylic oxidation sites excluding steroid dienone is 3. The van der Waals surface area contributed by atoms with Crippen molar-refractivity contribution in [3.8, 4) is 0 Å². The van der Waals surface area contributed by atoms with Gasteiger partial charge in [-0.2, -0.15) is 0 Å². The summed E-state index contributed by atoms with van der Waals surface area (Å²) in [5.74, 6) is -2.30. The molecule has 5 nitrogen and oxygen atoms in total. The monoisotopic (exact) mass is 477 g/mol. The van der Waals surface area contributed by atoms with Crippen LogP contribution in [0.5, 0.6) is 0 Å². The van der Waals surface area contributed by atoms with Crippen LogP contribution in [0.2, 0.25) is 0 Å². The molecule has 2 saturated heterocycles. The van der Waals surface area contributed by atoms with Gasteiger partial charge >= 0.3 is 5.97 Å². The molecule has 0 unspecified atom stereocenters. The number of nitrogens with zero attached hydrogens (tertiary/aromatic N) is 1. The van der Waals surface area contributed by atoms with Crippen molar-refractivity contribution in [1.29, 1.82) is 0 Å². The summed E-state index contributed by atoms with van der Waals surface area (Å²) in [6.45, 7) is 3.85. The smallest absolute Gasteiger partial charge is 0.342 e. The molecule has 2 aromatic rings. The van der Waals surface area contributed by atoms with Crippen molar-refractivity contribution < 1.29 is 27.9 Å².